The first-order valence-electron chi connectivity index (χ1n) is 13.6. The molecule has 1 fully saturated rings. The Hall–Kier alpha value is -3.94. The Kier molecular flexibility index (Phi) is 6.94. The molecule has 200 valence electrons. The SMILES string of the molecule is COc1cc(C(=O)NC2CC(O)CN(C3c4ccccc4CCc4ccccc43)C2)ccc1-n1cnc(C)c1. The summed E-state index contributed by atoms with van der Waals surface area (Å²) in [5.41, 5.74) is 7.51. The van der Waals surface area contributed by atoms with Gasteiger partial charge < -0.3 is 19.7 Å². The minimum atomic E-state index is -0.534. The second kappa shape index (κ2) is 10.7. The summed E-state index contributed by atoms with van der Waals surface area (Å²) < 4.78 is 7.49. The predicted octanol–water partition coefficient (Wildman–Crippen LogP) is 4.24. The van der Waals surface area contributed by atoms with Gasteiger partial charge in [0, 0.05) is 30.9 Å². The molecule has 0 bridgehead atoms. The molecule has 7 nitrogen and oxygen atoms in total. The molecule has 1 aliphatic heterocycles. The van der Waals surface area contributed by atoms with Gasteiger partial charge in [-0.2, -0.15) is 0 Å². The maximum Gasteiger partial charge on any atom is 0.251 e. The third kappa shape index (κ3) is 5.07. The Bertz CT molecular complexity index is 1450. The first-order valence-corrected chi connectivity index (χ1v) is 13.6. The summed E-state index contributed by atoms with van der Waals surface area (Å²) in [6.45, 7) is 3.14. The number of hydrogen-bond acceptors (Lipinski definition) is 5. The molecule has 1 aliphatic carbocycles. The number of aliphatic hydroxyl groups excluding tert-OH is 1. The molecule has 39 heavy (non-hydrogen) atoms. The van der Waals surface area contributed by atoms with Crippen LogP contribution >= 0.6 is 0 Å². The quantitative estimate of drug-likeness (QED) is 0.410. The van der Waals surface area contributed by atoms with Crippen molar-refractivity contribution in [3.05, 3.63) is 113 Å². The molecule has 1 aromatic heterocycles. The minimum Gasteiger partial charge on any atom is -0.495 e. The van der Waals surface area contributed by atoms with E-state index in [1.165, 1.54) is 22.3 Å². The number of aryl methyl sites for hydroxylation is 3. The molecule has 0 radical (unpaired) electrons. The number of imidazole rings is 1. The molecule has 0 spiro atoms. The lowest BCUT2D eigenvalue weighted by Gasteiger charge is -2.41. The topological polar surface area (TPSA) is 79.6 Å². The van der Waals surface area contributed by atoms with Crippen LogP contribution in [-0.2, 0) is 12.8 Å². The summed E-state index contributed by atoms with van der Waals surface area (Å²) >= 11 is 0. The number of likely N-dealkylation sites (tertiary alicyclic amines) is 1. The normalized spacial score (nSPS) is 19.6. The molecule has 7 heteroatoms. The van der Waals surface area contributed by atoms with E-state index in [0.717, 1.165) is 24.2 Å². The van der Waals surface area contributed by atoms with E-state index < -0.39 is 6.10 Å². The van der Waals surface area contributed by atoms with E-state index in [0.29, 0.717) is 30.8 Å². The summed E-state index contributed by atoms with van der Waals surface area (Å²) in [4.78, 5) is 20.0. The van der Waals surface area contributed by atoms with Crippen LogP contribution in [0.4, 0.5) is 0 Å². The summed E-state index contributed by atoms with van der Waals surface area (Å²) in [6.07, 6.45) is 5.62. The van der Waals surface area contributed by atoms with Crippen LogP contribution in [0.25, 0.3) is 5.69 Å². The number of benzene rings is 3. The van der Waals surface area contributed by atoms with Crippen molar-refractivity contribution in [3.8, 4) is 11.4 Å². The Balaban J connectivity index is 1.25. The van der Waals surface area contributed by atoms with E-state index in [2.05, 4.69) is 63.7 Å². The van der Waals surface area contributed by atoms with Crippen LogP contribution in [-0.4, -0.2) is 57.8 Å². The van der Waals surface area contributed by atoms with E-state index >= 15 is 0 Å². The van der Waals surface area contributed by atoms with Gasteiger partial charge in [0.25, 0.3) is 5.91 Å². The fourth-order valence-electron chi connectivity index (χ4n) is 6.16. The molecule has 2 atom stereocenters. The zero-order valence-electron chi connectivity index (χ0n) is 22.4. The maximum absolute atomic E-state index is 13.4. The molecule has 4 aromatic rings. The Morgan fingerprint density at radius 3 is 2.33 bits per heavy atom. The van der Waals surface area contributed by atoms with Crippen LogP contribution in [0.3, 0.4) is 0 Å². The second-order valence-corrected chi connectivity index (χ2v) is 10.6. The van der Waals surface area contributed by atoms with Crippen molar-refractivity contribution in [2.24, 2.45) is 0 Å². The summed E-state index contributed by atoms with van der Waals surface area (Å²) in [7, 11) is 1.60. The van der Waals surface area contributed by atoms with E-state index in [1.807, 2.05) is 23.8 Å². The molecule has 1 amide bonds. The molecule has 2 aliphatic rings. The van der Waals surface area contributed by atoms with E-state index in [1.54, 1.807) is 25.6 Å². The van der Waals surface area contributed by atoms with E-state index in [-0.39, 0.29) is 18.0 Å². The van der Waals surface area contributed by atoms with Crippen LogP contribution < -0.4 is 10.1 Å². The highest BCUT2D eigenvalue weighted by Crippen LogP contribution is 2.38. The number of piperidine rings is 1. The standard InChI is InChI=1S/C32H34N4O3/c1-21-17-36(20-33-21)29-14-13-24(15-30(29)39-2)32(38)34-25-16-26(37)19-35(18-25)31-27-9-5-3-7-22(27)11-12-23-8-4-6-10-28(23)31/h3-10,13-15,17,20,25-26,31,37H,11-12,16,18-19H2,1-2H3,(H,34,38). The Labute approximate surface area is 229 Å². The summed E-state index contributed by atoms with van der Waals surface area (Å²) in [5, 5.41) is 14.2. The van der Waals surface area contributed by atoms with Gasteiger partial charge in [0.15, 0.2) is 0 Å². The molecule has 3 aromatic carbocycles. The average Bonchev–Trinajstić information content (AvgIpc) is 3.30. The number of aromatic nitrogens is 2. The zero-order valence-corrected chi connectivity index (χ0v) is 22.4. The Morgan fingerprint density at radius 1 is 1.00 bits per heavy atom. The highest BCUT2D eigenvalue weighted by molar-refractivity contribution is 5.95. The van der Waals surface area contributed by atoms with Crippen LogP contribution in [0.2, 0.25) is 0 Å². The number of ether oxygens (including phenoxy) is 1. The van der Waals surface area contributed by atoms with Crippen molar-refractivity contribution in [1.82, 2.24) is 19.8 Å². The molecule has 1 saturated heterocycles. The van der Waals surface area contributed by atoms with Gasteiger partial charge in [-0.3, -0.25) is 9.69 Å². The van der Waals surface area contributed by atoms with Gasteiger partial charge >= 0.3 is 0 Å². The fraction of sp³-hybridized carbons (Fsp3) is 0.312. The molecular formula is C32H34N4O3. The molecular weight excluding hydrogens is 488 g/mol. The molecule has 2 N–H and O–H groups in total. The highest BCUT2D eigenvalue weighted by atomic mass is 16.5. The van der Waals surface area contributed by atoms with Crippen LogP contribution in [0, 0.1) is 6.92 Å². The largest absolute Gasteiger partial charge is 0.495 e. The maximum atomic E-state index is 13.4. The van der Waals surface area contributed by atoms with Gasteiger partial charge in [-0.15, -0.1) is 0 Å². The summed E-state index contributed by atoms with van der Waals surface area (Å²) in [5.74, 6) is 0.416. The van der Waals surface area contributed by atoms with E-state index in [4.69, 9.17) is 4.74 Å². The molecule has 6 rings (SSSR count). The number of nitrogens with zero attached hydrogens (tertiary/aromatic N) is 3. The van der Waals surface area contributed by atoms with Crippen LogP contribution in [0.15, 0.2) is 79.3 Å². The number of amides is 1. The molecule has 2 unspecified atom stereocenters. The fourth-order valence-corrected chi connectivity index (χ4v) is 6.16. The number of rotatable bonds is 5. The lowest BCUT2D eigenvalue weighted by atomic mass is 9.90. The molecule has 2 heterocycles. The van der Waals surface area contributed by atoms with Crippen molar-refractivity contribution in [2.75, 3.05) is 20.2 Å². The van der Waals surface area contributed by atoms with Crippen molar-refractivity contribution < 1.29 is 14.6 Å². The van der Waals surface area contributed by atoms with Crippen molar-refractivity contribution in [3.63, 3.8) is 0 Å². The number of carbonyl (C=O) groups is 1. The van der Waals surface area contributed by atoms with Gasteiger partial charge in [-0.1, -0.05) is 48.5 Å². The lowest BCUT2D eigenvalue weighted by molar-refractivity contribution is 0.0358. The lowest BCUT2D eigenvalue weighted by Crippen LogP contribution is -2.53. The van der Waals surface area contributed by atoms with E-state index in [9.17, 15) is 9.90 Å². The van der Waals surface area contributed by atoms with Crippen molar-refractivity contribution in [1.29, 1.82) is 0 Å². The first-order chi connectivity index (χ1) is 19.0. The highest BCUT2D eigenvalue weighted by Gasteiger charge is 2.35. The van der Waals surface area contributed by atoms with Gasteiger partial charge in [0.2, 0.25) is 0 Å². The van der Waals surface area contributed by atoms with Crippen LogP contribution in [0.1, 0.15) is 50.8 Å². The van der Waals surface area contributed by atoms with Gasteiger partial charge in [0.1, 0.15) is 5.75 Å². The number of methoxy groups -OCH3 is 1. The number of aliphatic hydroxyl groups is 1. The average molecular weight is 523 g/mol. The van der Waals surface area contributed by atoms with Crippen molar-refractivity contribution >= 4 is 5.91 Å². The third-order valence-electron chi connectivity index (χ3n) is 7.95. The van der Waals surface area contributed by atoms with Gasteiger partial charge in [-0.05, 0) is 66.6 Å². The number of hydrogen-bond donors (Lipinski definition) is 2. The number of fused-ring (bicyclic) bond motifs is 2. The van der Waals surface area contributed by atoms with Gasteiger partial charge in [0.05, 0.1) is 37.0 Å². The van der Waals surface area contributed by atoms with Crippen molar-refractivity contribution in [2.45, 2.75) is 44.4 Å². The van der Waals surface area contributed by atoms with Gasteiger partial charge in [-0.25, -0.2) is 4.98 Å². The second-order valence-electron chi connectivity index (χ2n) is 10.6. The monoisotopic (exact) mass is 522 g/mol. The number of nitrogens with one attached hydrogen (secondary N) is 1. The smallest absolute Gasteiger partial charge is 0.251 e. The summed E-state index contributed by atoms with van der Waals surface area (Å²) in [6, 6.07) is 22.6. The number of β-amino-alcohol motifs (C(OH)–C–C–N with tert-alkyl or cyclic N) is 1. The first kappa shape index (κ1) is 25.3. The predicted molar refractivity (Wildman–Crippen MR) is 150 cm³/mol. The number of carbonyl (C=O) groups excluding carboxylic acids is 1. The minimum absolute atomic E-state index is 0.0345. The third-order valence-corrected chi connectivity index (χ3v) is 7.95. The van der Waals surface area contributed by atoms with Crippen LogP contribution in [0.5, 0.6) is 5.75 Å². The molecule has 0 saturated carbocycles. The zero-order chi connectivity index (χ0) is 26.9. The Morgan fingerprint density at radius 2 is 1.69 bits per heavy atom.